The Labute approximate surface area is 248 Å². The van der Waals surface area contributed by atoms with Crippen LogP contribution in [-0.2, 0) is 20.8 Å². The summed E-state index contributed by atoms with van der Waals surface area (Å²) in [4.78, 5) is 57.0. The van der Waals surface area contributed by atoms with E-state index in [0.717, 1.165) is 22.7 Å². The van der Waals surface area contributed by atoms with Crippen LogP contribution in [0, 0.1) is 17.8 Å². The normalized spacial score (nSPS) is 28.3. The summed E-state index contributed by atoms with van der Waals surface area (Å²) in [5.74, 6) is -7.15. The van der Waals surface area contributed by atoms with Crippen LogP contribution in [0.5, 0.6) is 11.5 Å². The third kappa shape index (κ3) is 4.13. The van der Waals surface area contributed by atoms with Gasteiger partial charge in [-0.05, 0) is 73.7 Å². The summed E-state index contributed by atoms with van der Waals surface area (Å²) >= 11 is 0. The van der Waals surface area contributed by atoms with Gasteiger partial charge in [0.05, 0.1) is 30.3 Å². The molecule has 1 saturated carbocycles. The number of phenols is 1. The molecule has 3 aliphatic carbocycles. The molecule has 0 spiro atoms. The number of aliphatic hydroxyl groups excluding tert-OH is 1. The molecule has 3 aromatic rings. The van der Waals surface area contributed by atoms with Gasteiger partial charge >= 0.3 is 0 Å². The largest absolute Gasteiger partial charge is 0.507 e. The SMILES string of the molecule is COc1ccc(-c2ccc(Cc3ccc4c(c3O)C(=O)C3C(=O)C5(O)C(=O)C(C(C)=O)=C(C)CC5C(O)C3C4C)[nH]2)cc1. The number of Topliss-reactive ketones (excluding diaryl/α,β-unsaturated/α-hetero) is 4. The van der Waals surface area contributed by atoms with Crippen LogP contribution in [0.2, 0.25) is 0 Å². The minimum absolute atomic E-state index is 0.0279. The Morgan fingerprint density at radius 1 is 1.07 bits per heavy atom. The fourth-order valence-corrected chi connectivity index (χ4v) is 7.49. The molecule has 6 rings (SSSR count). The molecule has 6 unspecified atom stereocenters. The number of aromatic amines is 1. The lowest BCUT2D eigenvalue weighted by Gasteiger charge is -2.52. The summed E-state index contributed by atoms with van der Waals surface area (Å²) in [7, 11) is 1.60. The molecular weight excluding hydrogens is 550 g/mol. The van der Waals surface area contributed by atoms with Gasteiger partial charge < -0.3 is 25.0 Å². The van der Waals surface area contributed by atoms with Crippen LogP contribution in [0.3, 0.4) is 0 Å². The van der Waals surface area contributed by atoms with Gasteiger partial charge in [-0.1, -0.05) is 24.6 Å². The number of hydrogen-bond donors (Lipinski definition) is 4. The maximum Gasteiger partial charge on any atom is 0.205 e. The van der Waals surface area contributed by atoms with Gasteiger partial charge in [-0.2, -0.15) is 0 Å². The summed E-state index contributed by atoms with van der Waals surface area (Å²) in [6, 6.07) is 14.8. The van der Waals surface area contributed by atoms with Crippen molar-refractivity contribution in [3.05, 3.63) is 82.1 Å². The number of methoxy groups -OCH3 is 1. The molecule has 1 heterocycles. The van der Waals surface area contributed by atoms with E-state index >= 15 is 0 Å². The van der Waals surface area contributed by atoms with E-state index in [4.69, 9.17) is 4.74 Å². The standard InChI is InChI=1S/C34H33NO8/c1-15-13-23-30(38)26-16(2)22-11-7-19(14-20-8-12-24(35-20)18-5-9-21(43-4)10-6-18)29(37)27(22)31(39)28(26)33(41)34(23,42)32(40)25(15)17(3)36/h5-12,16,23,26,28,30,35,37-38,42H,13-14H2,1-4H3. The van der Waals surface area contributed by atoms with E-state index < -0.39 is 58.5 Å². The number of allylic oxidation sites excluding steroid dienone is 1. The van der Waals surface area contributed by atoms with Gasteiger partial charge in [-0.25, -0.2) is 0 Å². The number of carbonyl (C=O) groups is 4. The van der Waals surface area contributed by atoms with Crippen molar-refractivity contribution in [1.29, 1.82) is 0 Å². The number of H-pyrrole nitrogens is 1. The number of fused-ring (bicyclic) bond motifs is 3. The van der Waals surface area contributed by atoms with Gasteiger partial charge in [0, 0.05) is 35.2 Å². The second-order valence-corrected chi connectivity index (χ2v) is 12.0. The molecule has 2 aromatic carbocycles. The van der Waals surface area contributed by atoms with Crippen molar-refractivity contribution in [3.8, 4) is 22.8 Å². The topological polar surface area (TPSA) is 154 Å². The summed E-state index contributed by atoms with van der Waals surface area (Å²) in [5.41, 5.74) is 0.913. The number of aromatic hydroxyl groups is 1. The number of rotatable bonds is 5. The first-order chi connectivity index (χ1) is 20.4. The zero-order valence-electron chi connectivity index (χ0n) is 24.3. The molecule has 0 amide bonds. The van der Waals surface area contributed by atoms with Crippen LogP contribution < -0.4 is 4.74 Å². The first kappa shape index (κ1) is 28.8. The van der Waals surface area contributed by atoms with E-state index in [-0.39, 0.29) is 29.7 Å². The van der Waals surface area contributed by atoms with Crippen LogP contribution in [-0.4, -0.2) is 62.3 Å². The molecule has 1 fully saturated rings. The molecule has 43 heavy (non-hydrogen) atoms. The first-order valence-electron chi connectivity index (χ1n) is 14.3. The first-order valence-corrected chi connectivity index (χ1v) is 14.3. The minimum Gasteiger partial charge on any atom is -0.507 e. The Balaban J connectivity index is 1.35. The molecule has 1 aromatic heterocycles. The monoisotopic (exact) mass is 583 g/mol. The molecule has 9 nitrogen and oxygen atoms in total. The van der Waals surface area contributed by atoms with Gasteiger partial charge in [0.1, 0.15) is 11.5 Å². The Kier molecular flexibility index (Phi) is 6.78. The number of ether oxygens (including phenoxy) is 1. The quantitative estimate of drug-likeness (QED) is 0.262. The van der Waals surface area contributed by atoms with Crippen LogP contribution >= 0.6 is 0 Å². The van der Waals surface area contributed by atoms with Gasteiger partial charge in [0.15, 0.2) is 23.0 Å². The third-order valence-electron chi connectivity index (χ3n) is 9.68. The zero-order valence-corrected chi connectivity index (χ0v) is 24.3. The van der Waals surface area contributed by atoms with E-state index in [1.807, 2.05) is 36.4 Å². The predicted molar refractivity (Wildman–Crippen MR) is 156 cm³/mol. The molecule has 6 atom stereocenters. The van der Waals surface area contributed by atoms with E-state index in [9.17, 15) is 34.5 Å². The number of nitrogens with one attached hydrogen (secondary N) is 1. The summed E-state index contributed by atoms with van der Waals surface area (Å²) in [5, 5.41) is 34.5. The number of hydrogen-bond acceptors (Lipinski definition) is 8. The molecule has 0 bridgehead atoms. The fraction of sp³-hybridized carbons (Fsp3) is 0.353. The highest BCUT2D eigenvalue weighted by molar-refractivity contribution is 6.32. The van der Waals surface area contributed by atoms with Crippen LogP contribution in [0.25, 0.3) is 11.3 Å². The van der Waals surface area contributed by atoms with E-state index in [1.54, 1.807) is 33.1 Å². The highest BCUT2D eigenvalue weighted by Gasteiger charge is 2.67. The third-order valence-corrected chi connectivity index (χ3v) is 9.68. The molecule has 3 aliphatic rings. The van der Waals surface area contributed by atoms with Crippen molar-refractivity contribution >= 4 is 23.1 Å². The Morgan fingerprint density at radius 3 is 2.42 bits per heavy atom. The average Bonchev–Trinajstić information content (AvgIpc) is 3.44. The van der Waals surface area contributed by atoms with Gasteiger partial charge in [-0.15, -0.1) is 0 Å². The lowest BCUT2D eigenvalue weighted by molar-refractivity contribution is -0.179. The van der Waals surface area contributed by atoms with Gasteiger partial charge in [-0.3, -0.25) is 19.2 Å². The lowest BCUT2D eigenvalue weighted by atomic mass is 9.51. The van der Waals surface area contributed by atoms with Crippen molar-refractivity contribution in [1.82, 2.24) is 4.98 Å². The number of aromatic nitrogens is 1. The molecule has 0 aliphatic heterocycles. The van der Waals surface area contributed by atoms with Crippen molar-refractivity contribution < 1.29 is 39.2 Å². The number of benzene rings is 2. The zero-order chi connectivity index (χ0) is 31.0. The molecule has 0 radical (unpaired) electrons. The van der Waals surface area contributed by atoms with Crippen molar-refractivity contribution in [2.45, 2.75) is 51.2 Å². The Morgan fingerprint density at radius 2 is 1.77 bits per heavy atom. The van der Waals surface area contributed by atoms with Gasteiger partial charge in [0.25, 0.3) is 0 Å². The smallest absolute Gasteiger partial charge is 0.205 e. The number of phenolic OH excluding ortho intramolecular Hbond substituents is 1. The fourth-order valence-electron chi connectivity index (χ4n) is 7.49. The van der Waals surface area contributed by atoms with Crippen molar-refractivity contribution in [2.24, 2.45) is 17.8 Å². The Hall–Kier alpha value is -4.34. The van der Waals surface area contributed by atoms with E-state index in [2.05, 4.69) is 4.98 Å². The molecule has 9 heteroatoms. The highest BCUT2D eigenvalue weighted by Crippen LogP contribution is 2.54. The highest BCUT2D eigenvalue weighted by atomic mass is 16.5. The van der Waals surface area contributed by atoms with Crippen LogP contribution in [0.1, 0.15) is 60.3 Å². The molecule has 4 N–H and O–H groups in total. The number of aliphatic hydroxyl groups is 2. The maximum absolute atomic E-state index is 14.0. The predicted octanol–water partition coefficient (Wildman–Crippen LogP) is 3.69. The average molecular weight is 584 g/mol. The molecule has 222 valence electrons. The maximum atomic E-state index is 14.0. The number of carbonyl (C=O) groups excluding carboxylic acids is 4. The van der Waals surface area contributed by atoms with E-state index in [0.29, 0.717) is 16.7 Å². The molecule has 0 saturated heterocycles. The number of ketones is 4. The van der Waals surface area contributed by atoms with Crippen LogP contribution in [0.15, 0.2) is 59.7 Å². The summed E-state index contributed by atoms with van der Waals surface area (Å²) in [6.45, 7) is 4.52. The summed E-state index contributed by atoms with van der Waals surface area (Å²) in [6.07, 6.45) is -1.14. The van der Waals surface area contributed by atoms with Crippen LogP contribution in [0.4, 0.5) is 0 Å². The van der Waals surface area contributed by atoms with Crippen molar-refractivity contribution in [2.75, 3.05) is 7.11 Å². The second-order valence-electron chi connectivity index (χ2n) is 12.0. The summed E-state index contributed by atoms with van der Waals surface area (Å²) < 4.78 is 5.22. The van der Waals surface area contributed by atoms with Crippen molar-refractivity contribution in [3.63, 3.8) is 0 Å². The Bertz CT molecular complexity index is 1730. The lowest BCUT2D eigenvalue weighted by Crippen LogP contribution is -2.69. The minimum atomic E-state index is -2.71. The van der Waals surface area contributed by atoms with E-state index in [1.165, 1.54) is 6.92 Å². The van der Waals surface area contributed by atoms with Gasteiger partial charge in [0.2, 0.25) is 5.78 Å². The second kappa shape index (κ2) is 10.1. The molecular formula is C34H33NO8.